The van der Waals surface area contributed by atoms with Gasteiger partial charge < -0.3 is 9.84 Å². The van der Waals surface area contributed by atoms with Crippen LogP contribution in [0.1, 0.15) is 19.8 Å². The van der Waals surface area contributed by atoms with E-state index in [1.807, 2.05) is 0 Å². The fraction of sp³-hybridized carbons (Fsp3) is 0.917. The maximum Gasteiger partial charge on any atom is 0.404 e. The van der Waals surface area contributed by atoms with E-state index in [2.05, 4.69) is 0 Å². The molecule has 3 rings (SSSR count). The lowest BCUT2D eigenvalue weighted by molar-refractivity contribution is -0.244. The predicted molar refractivity (Wildman–Crippen MR) is 60.6 cm³/mol. The van der Waals surface area contributed by atoms with Crippen molar-refractivity contribution in [2.75, 3.05) is 26.9 Å². The zero-order valence-corrected chi connectivity index (χ0v) is 11.0. The first-order chi connectivity index (χ1) is 8.71. The van der Waals surface area contributed by atoms with Crippen LogP contribution in [0.2, 0.25) is 0 Å². The Labute approximate surface area is 109 Å². The summed E-state index contributed by atoms with van der Waals surface area (Å²) < 4.78 is 44.3. The van der Waals surface area contributed by atoms with Crippen molar-refractivity contribution in [2.45, 2.75) is 37.5 Å². The smallest absolute Gasteiger partial charge is 0.394 e. The summed E-state index contributed by atoms with van der Waals surface area (Å²) in [4.78, 5) is 13.6. The first-order valence-electron chi connectivity index (χ1n) is 6.19. The number of hydrogen-bond acceptors (Lipinski definition) is 4. The molecule has 0 aromatic heterocycles. The molecule has 4 atom stereocenters. The van der Waals surface area contributed by atoms with Crippen LogP contribution in [0.25, 0.3) is 0 Å². The van der Waals surface area contributed by atoms with E-state index in [9.17, 15) is 23.1 Å². The summed E-state index contributed by atoms with van der Waals surface area (Å²) in [5.41, 5.74) is -2.59. The number of hydrogen-bond donors (Lipinski definition) is 1. The molecule has 0 aromatic rings. The second kappa shape index (κ2) is 4.43. The summed E-state index contributed by atoms with van der Waals surface area (Å²) in [6, 6.07) is -1.69. The van der Waals surface area contributed by atoms with Crippen molar-refractivity contribution in [1.29, 1.82) is 0 Å². The molecule has 1 N–H and O–H groups in total. The third-order valence-corrected chi connectivity index (χ3v) is 4.47. The number of carbonyl (C=O) groups excluding carboxylic acids is 1. The fourth-order valence-corrected chi connectivity index (χ4v) is 3.46. The highest BCUT2D eigenvalue weighted by atomic mass is 19.4. The van der Waals surface area contributed by atoms with Crippen molar-refractivity contribution in [3.8, 4) is 0 Å². The van der Waals surface area contributed by atoms with Crippen molar-refractivity contribution in [3.63, 3.8) is 0 Å². The van der Waals surface area contributed by atoms with Crippen LogP contribution in [-0.2, 0) is 9.53 Å². The molecule has 4 nitrogen and oxygen atoms in total. The van der Waals surface area contributed by atoms with E-state index in [-0.39, 0.29) is 25.4 Å². The third-order valence-electron chi connectivity index (χ3n) is 4.47. The summed E-state index contributed by atoms with van der Waals surface area (Å²) in [6.07, 6.45) is -4.25. The van der Waals surface area contributed by atoms with E-state index in [1.165, 1.54) is 7.11 Å². The summed E-state index contributed by atoms with van der Waals surface area (Å²) in [5, 5.41) is 9.55. The van der Waals surface area contributed by atoms with Gasteiger partial charge >= 0.3 is 6.18 Å². The Morgan fingerprint density at radius 3 is 2.63 bits per heavy atom. The Bertz CT molecular complexity index is 387. The average Bonchev–Trinajstić information content (AvgIpc) is 2.33. The minimum atomic E-state index is -4.41. The van der Waals surface area contributed by atoms with Gasteiger partial charge in [-0.25, -0.2) is 0 Å². The number of ether oxygens (including phenoxy) is 1. The van der Waals surface area contributed by atoms with E-state index in [4.69, 9.17) is 4.74 Å². The average molecular weight is 281 g/mol. The number of alkyl halides is 3. The first-order valence-corrected chi connectivity index (χ1v) is 6.19. The Morgan fingerprint density at radius 1 is 1.53 bits per heavy atom. The van der Waals surface area contributed by atoms with Gasteiger partial charge in [0.25, 0.3) is 0 Å². The summed E-state index contributed by atoms with van der Waals surface area (Å²) in [5.74, 6) is -0.337. The number of ketones is 1. The number of rotatable bonds is 3. The SMILES string of the molecule is COC[C@@]1(CO)C(=O)[C@]2(C)CCN1[C@@H](C(F)(F)F)C2. The van der Waals surface area contributed by atoms with E-state index in [0.29, 0.717) is 6.42 Å². The van der Waals surface area contributed by atoms with E-state index < -0.39 is 29.8 Å². The van der Waals surface area contributed by atoms with Crippen molar-refractivity contribution in [1.82, 2.24) is 4.90 Å². The Balaban J connectivity index is 2.47. The molecular weight excluding hydrogens is 263 g/mol. The molecule has 110 valence electrons. The zero-order valence-electron chi connectivity index (χ0n) is 11.0. The van der Waals surface area contributed by atoms with Crippen molar-refractivity contribution >= 4 is 5.78 Å². The largest absolute Gasteiger partial charge is 0.404 e. The van der Waals surface area contributed by atoms with Crippen LogP contribution in [0.3, 0.4) is 0 Å². The van der Waals surface area contributed by atoms with Gasteiger partial charge in [-0.3, -0.25) is 9.69 Å². The van der Waals surface area contributed by atoms with Crippen LogP contribution >= 0.6 is 0 Å². The van der Waals surface area contributed by atoms with Crippen LogP contribution in [0.4, 0.5) is 13.2 Å². The van der Waals surface area contributed by atoms with Crippen molar-refractivity contribution in [2.24, 2.45) is 5.41 Å². The normalized spacial score (nSPS) is 42.7. The van der Waals surface area contributed by atoms with Gasteiger partial charge in [0.1, 0.15) is 11.6 Å². The number of aliphatic hydroxyl groups excluding tert-OH is 1. The number of Topliss-reactive ketones (excluding diaryl/α,β-unsaturated/α-hetero) is 1. The molecule has 0 spiro atoms. The lowest BCUT2D eigenvalue weighted by atomic mass is 9.61. The maximum atomic E-state index is 13.1. The lowest BCUT2D eigenvalue weighted by Gasteiger charge is -2.59. The molecule has 0 aliphatic carbocycles. The molecule has 3 heterocycles. The lowest BCUT2D eigenvalue weighted by Crippen LogP contribution is -2.76. The Morgan fingerprint density at radius 2 is 2.16 bits per heavy atom. The highest BCUT2D eigenvalue weighted by Gasteiger charge is 2.66. The second-order valence-corrected chi connectivity index (χ2v) is 5.72. The molecule has 0 amide bonds. The molecule has 0 aromatic carbocycles. The molecule has 3 aliphatic rings. The van der Waals surface area contributed by atoms with E-state index in [0.717, 1.165) is 4.90 Å². The fourth-order valence-electron chi connectivity index (χ4n) is 3.46. The molecule has 0 saturated carbocycles. The Kier molecular flexibility index (Phi) is 3.43. The zero-order chi connectivity index (χ0) is 14.5. The minimum absolute atomic E-state index is 0.149. The first kappa shape index (κ1) is 14.7. The summed E-state index contributed by atoms with van der Waals surface area (Å²) in [7, 11) is 1.32. The van der Waals surface area contributed by atoms with Gasteiger partial charge in [-0.1, -0.05) is 6.92 Å². The number of aliphatic hydroxyl groups is 1. The van der Waals surface area contributed by atoms with Gasteiger partial charge in [-0.15, -0.1) is 0 Å². The van der Waals surface area contributed by atoms with Crippen molar-refractivity contribution < 1.29 is 27.8 Å². The van der Waals surface area contributed by atoms with E-state index in [1.54, 1.807) is 6.92 Å². The van der Waals surface area contributed by atoms with Crippen LogP contribution in [-0.4, -0.2) is 60.4 Å². The van der Waals surface area contributed by atoms with Crippen LogP contribution in [0.5, 0.6) is 0 Å². The topological polar surface area (TPSA) is 49.8 Å². The number of halogens is 3. The predicted octanol–water partition coefficient (Wildman–Crippen LogP) is 0.980. The van der Waals surface area contributed by atoms with Crippen molar-refractivity contribution in [3.05, 3.63) is 0 Å². The van der Waals surface area contributed by atoms with Gasteiger partial charge in [0.15, 0.2) is 5.78 Å². The molecule has 2 bridgehead atoms. The van der Waals surface area contributed by atoms with Crippen LogP contribution in [0.15, 0.2) is 0 Å². The molecule has 1 unspecified atom stereocenters. The van der Waals surface area contributed by atoms with E-state index >= 15 is 0 Å². The second-order valence-electron chi connectivity index (χ2n) is 5.72. The number of piperidine rings is 3. The van der Waals surface area contributed by atoms with Gasteiger partial charge in [0, 0.05) is 19.1 Å². The molecule has 19 heavy (non-hydrogen) atoms. The van der Waals surface area contributed by atoms with Crippen LogP contribution in [0, 0.1) is 5.41 Å². The number of methoxy groups -OCH3 is 1. The van der Waals surface area contributed by atoms with Gasteiger partial charge in [-0.2, -0.15) is 13.2 Å². The highest BCUT2D eigenvalue weighted by Crippen LogP contribution is 2.51. The number of nitrogens with zero attached hydrogens (tertiary/aromatic N) is 1. The third kappa shape index (κ3) is 1.98. The van der Waals surface area contributed by atoms with Crippen LogP contribution < -0.4 is 0 Å². The molecule has 3 aliphatic heterocycles. The van der Waals surface area contributed by atoms with Gasteiger partial charge in [-0.05, 0) is 12.8 Å². The standard InChI is InChI=1S/C12H18F3NO3/c1-10-3-4-16(8(5-10)12(13,14)15)11(6-17,7-19-2)9(10)18/h8,17H,3-7H2,1-2H3/t8-,10-,11+/m1/s1. The maximum absolute atomic E-state index is 13.1. The molecular formula is C12H18F3NO3. The summed E-state index contributed by atoms with van der Waals surface area (Å²) in [6.45, 7) is 0.841. The highest BCUT2D eigenvalue weighted by molar-refractivity contribution is 5.95. The molecule has 0 radical (unpaired) electrons. The molecule has 3 saturated heterocycles. The minimum Gasteiger partial charge on any atom is -0.394 e. The van der Waals surface area contributed by atoms with Gasteiger partial charge in [0.05, 0.1) is 13.2 Å². The Hall–Kier alpha value is -0.660. The molecule has 3 fully saturated rings. The van der Waals surface area contributed by atoms with Gasteiger partial charge in [0.2, 0.25) is 0 Å². The molecule has 7 heteroatoms. The monoisotopic (exact) mass is 281 g/mol. The summed E-state index contributed by atoms with van der Waals surface area (Å²) >= 11 is 0. The quantitative estimate of drug-likeness (QED) is 0.838. The number of carbonyl (C=O) groups is 1. The number of fused-ring (bicyclic) bond motifs is 3.